The van der Waals surface area contributed by atoms with E-state index in [1.165, 1.54) is 0 Å². The second-order valence-corrected chi connectivity index (χ2v) is 2.84. The highest BCUT2D eigenvalue weighted by Crippen LogP contribution is 2.20. The van der Waals surface area contributed by atoms with E-state index >= 15 is 0 Å². The number of carbonyl (C=O) groups is 1. The molecule has 1 rings (SSSR count). The summed E-state index contributed by atoms with van der Waals surface area (Å²) in [6, 6.07) is 0. The zero-order valence-electron chi connectivity index (χ0n) is 5.89. The van der Waals surface area contributed by atoms with E-state index in [1.807, 2.05) is 0 Å². The van der Waals surface area contributed by atoms with Gasteiger partial charge in [-0.15, -0.1) is 0 Å². The van der Waals surface area contributed by atoms with Crippen LogP contribution < -0.4 is 0 Å². The average molecular weight is 128 g/mol. The number of carbonyl (C=O) groups excluding carboxylic acids is 1. The first-order valence-corrected chi connectivity index (χ1v) is 3.36. The molecule has 1 saturated heterocycles. The van der Waals surface area contributed by atoms with E-state index in [0.29, 0.717) is 24.9 Å². The first kappa shape index (κ1) is 6.59. The smallest absolute Gasteiger partial charge is 0.306 e. The van der Waals surface area contributed by atoms with Crippen LogP contribution in [0.1, 0.15) is 20.3 Å². The Balaban J connectivity index is 2.44. The van der Waals surface area contributed by atoms with Gasteiger partial charge in [0, 0.05) is 6.42 Å². The van der Waals surface area contributed by atoms with Crippen LogP contribution in [0.5, 0.6) is 0 Å². The molecule has 0 aromatic rings. The van der Waals surface area contributed by atoms with Crippen molar-refractivity contribution in [2.75, 3.05) is 6.61 Å². The third kappa shape index (κ3) is 1.44. The summed E-state index contributed by atoms with van der Waals surface area (Å²) in [6.45, 7) is 4.81. The summed E-state index contributed by atoms with van der Waals surface area (Å²) in [5.41, 5.74) is 0. The Bertz CT molecular complexity index is 120. The molecule has 1 aliphatic heterocycles. The summed E-state index contributed by atoms with van der Waals surface area (Å²) in [6.07, 6.45) is 0.598. The number of esters is 1. The highest BCUT2D eigenvalue weighted by Gasteiger charge is 2.22. The molecule has 0 saturated carbocycles. The second-order valence-electron chi connectivity index (χ2n) is 2.84. The molecule has 1 aliphatic rings. The number of ether oxygens (including phenoxy) is 1. The Morgan fingerprint density at radius 1 is 1.44 bits per heavy atom. The van der Waals surface area contributed by atoms with E-state index in [0.717, 1.165) is 0 Å². The lowest BCUT2D eigenvalue weighted by Gasteiger charge is -2.24. The lowest BCUT2D eigenvalue weighted by atomic mass is 9.92. The molecule has 0 N–H and O–H groups in total. The van der Waals surface area contributed by atoms with Crippen LogP contribution in [0.25, 0.3) is 0 Å². The molecule has 0 radical (unpaired) electrons. The monoisotopic (exact) mass is 128 g/mol. The molecule has 2 heteroatoms. The molecule has 0 amide bonds. The van der Waals surface area contributed by atoms with Crippen molar-refractivity contribution in [2.45, 2.75) is 20.3 Å². The topological polar surface area (TPSA) is 26.3 Å². The first-order valence-electron chi connectivity index (χ1n) is 3.36. The molecule has 0 aromatic carbocycles. The van der Waals surface area contributed by atoms with Crippen LogP contribution >= 0.6 is 0 Å². The van der Waals surface area contributed by atoms with Gasteiger partial charge in [0.25, 0.3) is 0 Å². The fourth-order valence-corrected chi connectivity index (χ4v) is 0.912. The quantitative estimate of drug-likeness (QED) is 0.458. The molecule has 9 heavy (non-hydrogen) atoms. The SMILES string of the molecule is C[C@@H]1CC(=O)OC[C@@H]1C. The highest BCUT2D eigenvalue weighted by molar-refractivity contribution is 5.70. The van der Waals surface area contributed by atoms with Crippen molar-refractivity contribution in [2.24, 2.45) is 11.8 Å². The van der Waals surface area contributed by atoms with Crippen molar-refractivity contribution in [3.05, 3.63) is 0 Å². The molecule has 2 atom stereocenters. The van der Waals surface area contributed by atoms with Gasteiger partial charge in [-0.1, -0.05) is 13.8 Å². The Kier molecular flexibility index (Phi) is 1.74. The summed E-state index contributed by atoms with van der Waals surface area (Å²) in [4.78, 5) is 10.6. The molecular formula is C7H12O2. The number of hydrogen-bond donors (Lipinski definition) is 0. The zero-order valence-corrected chi connectivity index (χ0v) is 5.89. The Morgan fingerprint density at radius 3 is 2.56 bits per heavy atom. The van der Waals surface area contributed by atoms with Gasteiger partial charge in [0.15, 0.2) is 0 Å². The van der Waals surface area contributed by atoms with Gasteiger partial charge in [0.1, 0.15) is 0 Å². The van der Waals surface area contributed by atoms with Crippen molar-refractivity contribution in [1.82, 2.24) is 0 Å². The third-order valence-electron chi connectivity index (χ3n) is 1.97. The van der Waals surface area contributed by atoms with Crippen LogP contribution in [-0.4, -0.2) is 12.6 Å². The third-order valence-corrected chi connectivity index (χ3v) is 1.97. The van der Waals surface area contributed by atoms with Crippen LogP contribution in [0.2, 0.25) is 0 Å². The maximum absolute atomic E-state index is 10.6. The molecule has 0 bridgehead atoms. The molecule has 1 fully saturated rings. The number of cyclic esters (lactones) is 1. The molecule has 0 aromatic heterocycles. The maximum atomic E-state index is 10.6. The molecule has 52 valence electrons. The van der Waals surface area contributed by atoms with Crippen molar-refractivity contribution in [3.63, 3.8) is 0 Å². The van der Waals surface area contributed by atoms with Crippen LogP contribution in [0.15, 0.2) is 0 Å². The van der Waals surface area contributed by atoms with Crippen molar-refractivity contribution >= 4 is 5.97 Å². The first-order chi connectivity index (χ1) is 4.20. The predicted molar refractivity (Wildman–Crippen MR) is 33.9 cm³/mol. The maximum Gasteiger partial charge on any atom is 0.306 e. The Morgan fingerprint density at radius 2 is 2.11 bits per heavy atom. The fourth-order valence-electron chi connectivity index (χ4n) is 0.912. The minimum absolute atomic E-state index is 0.0411. The molecule has 0 spiro atoms. The molecule has 2 nitrogen and oxygen atoms in total. The summed E-state index contributed by atoms with van der Waals surface area (Å²) in [5.74, 6) is 1.01. The normalized spacial score (nSPS) is 36.0. The van der Waals surface area contributed by atoms with Crippen LogP contribution in [-0.2, 0) is 9.53 Å². The number of hydrogen-bond acceptors (Lipinski definition) is 2. The predicted octanol–water partition coefficient (Wildman–Crippen LogP) is 1.21. The zero-order chi connectivity index (χ0) is 6.85. The summed E-state index contributed by atoms with van der Waals surface area (Å²) >= 11 is 0. The van der Waals surface area contributed by atoms with Gasteiger partial charge in [-0.05, 0) is 11.8 Å². The van der Waals surface area contributed by atoms with E-state index in [2.05, 4.69) is 13.8 Å². The van der Waals surface area contributed by atoms with Gasteiger partial charge < -0.3 is 4.74 Å². The Hall–Kier alpha value is -0.530. The van der Waals surface area contributed by atoms with E-state index in [9.17, 15) is 4.79 Å². The lowest BCUT2D eigenvalue weighted by Crippen LogP contribution is -2.26. The van der Waals surface area contributed by atoms with Gasteiger partial charge in [-0.2, -0.15) is 0 Å². The van der Waals surface area contributed by atoms with Gasteiger partial charge in [-0.25, -0.2) is 0 Å². The highest BCUT2D eigenvalue weighted by atomic mass is 16.5. The fraction of sp³-hybridized carbons (Fsp3) is 0.857. The van der Waals surface area contributed by atoms with Gasteiger partial charge in [0.2, 0.25) is 0 Å². The summed E-state index contributed by atoms with van der Waals surface area (Å²) in [5, 5.41) is 0. The van der Waals surface area contributed by atoms with E-state index in [4.69, 9.17) is 4.74 Å². The minimum Gasteiger partial charge on any atom is -0.465 e. The van der Waals surface area contributed by atoms with Gasteiger partial charge >= 0.3 is 5.97 Å². The molecule has 0 aliphatic carbocycles. The summed E-state index contributed by atoms with van der Waals surface area (Å²) in [7, 11) is 0. The van der Waals surface area contributed by atoms with Crippen molar-refractivity contribution in [1.29, 1.82) is 0 Å². The van der Waals surface area contributed by atoms with Crippen molar-refractivity contribution < 1.29 is 9.53 Å². The lowest BCUT2D eigenvalue weighted by molar-refractivity contribution is -0.151. The van der Waals surface area contributed by atoms with E-state index in [-0.39, 0.29) is 5.97 Å². The second kappa shape index (κ2) is 2.38. The summed E-state index contributed by atoms with van der Waals surface area (Å²) < 4.78 is 4.82. The van der Waals surface area contributed by atoms with Crippen LogP contribution in [0.4, 0.5) is 0 Å². The van der Waals surface area contributed by atoms with Crippen LogP contribution in [0.3, 0.4) is 0 Å². The average Bonchev–Trinajstić information content (AvgIpc) is 1.80. The molecule has 1 heterocycles. The molecular weight excluding hydrogens is 116 g/mol. The van der Waals surface area contributed by atoms with E-state index in [1.54, 1.807) is 0 Å². The Labute approximate surface area is 55.2 Å². The minimum atomic E-state index is -0.0411. The van der Waals surface area contributed by atoms with Gasteiger partial charge in [0.05, 0.1) is 6.61 Å². The molecule has 0 unspecified atom stereocenters. The largest absolute Gasteiger partial charge is 0.465 e. The van der Waals surface area contributed by atoms with Gasteiger partial charge in [-0.3, -0.25) is 4.79 Å². The van der Waals surface area contributed by atoms with Crippen LogP contribution in [0, 0.1) is 11.8 Å². The van der Waals surface area contributed by atoms with E-state index < -0.39 is 0 Å². The number of rotatable bonds is 0. The standard InChI is InChI=1S/C7H12O2/c1-5-3-7(8)9-4-6(5)2/h5-6H,3-4H2,1-2H3/t5-,6+/m1/s1. The van der Waals surface area contributed by atoms with Crippen molar-refractivity contribution in [3.8, 4) is 0 Å².